The predicted octanol–water partition coefficient (Wildman–Crippen LogP) is 1.52. The third-order valence-corrected chi connectivity index (χ3v) is 4.68. The van der Waals surface area contributed by atoms with Crippen molar-refractivity contribution in [2.75, 3.05) is 25.1 Å². The lowest BCUT2D eigenvalue weighted by Crippen LogP contribution is -2.45. The highest BCUT2D eigenvalue weighted by molar-refractivity contribution is 5.91. The van der Waals surface area contributed by atoms with Crippen LogP contribution in [0.25, 0.3) is 0 Å². The van der Waals surface area contributed by atoms with Crippen LogP contribution in [0.5, 0.6) is 0 Å². The first-order chi connectivity index (χ1) is 12.5. The summed E-state index contributed by atoms with van der Waals surface area (Å²) in [6.07, 6.45) is 1.54. The molecule has 2 N–H and O–H groups in total. The number of piperidine rings is 1. The molecule has 1 amide bonds. The molecule has 3 heterocycles. The Bertz CT molecular complexity index is 834. The summed E-state index contributed by atoms with van der Waals surface area (Å²) < 4.78 is 10.4. The number of rotatable bonds is 5. The lowest BCUT2D eigenvalue weighted by Gasteiger charge is -2.32. The average Bonchev–Trinajstić information content (AvgIpc) is 3.09. The number of aromatic amines is 1. The highest BCUT2D eigenvalue weighted by atomic mass is 16.5. The molecule has 0 unspecified atom stereocenters. The fourth-order valence-corrected chi connectivity index (χ4v) is 2.99. The molecule has 26 heavy (non-hydrogen) atoms. The fourth-order valence-electron chi connectivity index (χ4n) is 2.99. The summed E-state index contributed by atoms with van der Waals surface area (Å²) >= 11 is 0. The number of nitrogens with one attached hydrogen (secondary N) is 2. The van der Waals surface area contributed by atoms with E-state index < -0.39 is 0 Å². The SMILES string of the molecule is COCc1ccc(C(=O)NC2CCN(c3nc(C)c(C)c(=O)[nH]3)CC2)o1. The molecule has 2 aromatic rings. The van der Waals surface area contributed by atoms with Crippen LogP contribution in [0.15, 0.2) is 21.3 Å². The summed E-state index contributed by atoms with van der Waals surface area (Å²) in [5.41, 5.74) is 1.28. The molecule has 0 bridgehead atoms. The van der Waals surface area contributed by atoms with Gasteiger partial charge in [0.05, 0.1) is 0 Å². The second kappa shape index (κ2) is 7.74. The van der Waals surface area contributed by atoms with Crippen LogP contribution in [0.1, 0.15) is 40.4 Å². The first-order valence-electron chi connectivity index (χ1n) is 8.69. The minimum atomic E-state index is -0.219. The normalized spacial score (nSPS) is 15.3. The number of carbonyl (C=O) groups excluding carboxylic acids is 1. The van der Waals surface area contributed by atoms with Crippen molar-refractivity contribution in [1.29, 1.82) is 0 Å². The van der Waals surface area contributed by atoms with Gasteiger partial charge in [-0.15, -0.1) is 0 Å². The summed E-state index contributed by atoms with van der Waals surface area (Å²) in [5, 5.41) is 3.00. The van der Waals surface area contributed by atoms with Crippen molar-refractivity contribution < 1.29 is 13.9 Å². The van der Waals surface area contributed by atoms with Crippen LogP contribution in [0.4, 0.5) is 5.95 Å². The number of amides is 1. The maximum Gasteiger partial charge on any atom is 0.287 e. The van der Waals surface area contributed by atoms with Gasteiger partial charge in [0.15, 0.2) is 5.76 Å². The lowest BCUT2D eigenvalue weighted by molar-refractivity contribution is 0.0894. The Hall–Kier alpha value is -2.61. The van der Waals surface area contributed by atoms with Gasteiger partial charge < -0.3 is 19.4 Å². The van der Waals surface area contributed by atoms with E-state index in [1.54, 1.807) is 26.2 Å². The van der Waals surface area contributed by atoms with Gasteiger partial charge in [-0.1, -0.05) is 0 Å². The second-order valence-corrected chi connectivity index (χ2v) is 6.53. The molecular weight excluding hydrogens is 336 g/mol. The molecule has 0 atom stereocenters. The minimum absolute atomic E-state index is 0.0630. The van der Waals surface area contributed by atoms with Crippen molar-refractivity contribution in [3.63, 3.8) is 0 Å². The molecule has 0 radical (unpaired) electrons. The molecule has 140 valence electrons. The molecule has 0 aliphatic carbocycles. The van der Waals surface area contributed by atoms with Crippen molar-refractivity contribution in [1.82, 2.24) is 15.3 Å². The molecule has 3 rings (SSSR count). The topological polar surface area (TPSA) is 100 Å². The Morgan fingerprint density at radius 2 is 2.12 bits per heavy atom. The zero-order chi connectivity index (χ0) is 18.7. The molecular formula is C18H24N4O4. The van der Waals surface area contributed by atoms with E-state index in [2.05, 4.69) is 15.3 Å². The quantitative estimate of drug-likeness (QED) is 0.839. The molecule has 1 saturated heterocycles. The number of aromatic nitrogens is 2. The summed E-state index contributed by atoms with van der Waals surface area (Å²) in [5.74, 6) is 1.29. The fraction of sp³-hybridized carbons (Fsp3) is 0.500. The van der Waals surface area contributed by atoms with Gasteiger partial charge in [0, 0.05) is 37.5 Å². The smallest absolute Gasteiger partial charge is 0.287 e. The van der Waals surface area contributed by atoms with Crippen LogP contribution < -0.4 is 15.8 Å². The van der Waals surface area contributed by atoms with E-state index in [4.69, 9.17) is 9.15 Å². The Morgan fingerprint density at radius 1 is 1.38 bits per heavy atom. The molecule has 1 aliphatic heterocycles. The summed E-state index contributed by atoms with van der Waals surface area (Å²) in [6.45, 7) is 5.36. The number of nitrogens with zero attached hydrogens (tertiary/aromatic N) is 2. The predicted molar refractivity (Wildman–Crippen MR) is 96.5 cm³/mol. The van der Waals surface area contributed by atoms with Crippen LogP contribution in [-0.4, -0.2) is 42.1 Å². The molecule has 2 aromatic heterocycles. The van der Waals surface area contributed by atoms with Crippen molar-refractivity contribution in [2.45, 2.75) is 39.3 Å². The molecule has 0 aromatic carbocycles. The number of furan rings is 1. The van der Waals surface area contributed by atoms with Gasteiger partial charge in [-0.05, 0) is 38.8 Å². The Balaban J connectivity index is 1.56. The number of aryl methyl sites for hydroxylation is 1. The minimum Gasteiger partial charge on any atom is -0.453 e. The maximum atomic E-state index is 12.3. The molecule has 8 heteroatoms. The van der Waals surface area contributed by atoms with Gasteiger partial charge in [-0.2, -0.15) is 0 Å². The summed E-state index contributed by atoms with van der Waals surface area (Å²) in [7, 11) is 1.58. The van der Waals surface area contributed by atoms with Crippen molar-refractivity contribution in [2.24, 2.45) is 0 Å². The molecule has 0 spiro atoms. The van der Waals surface area contributed by atoms with Crippen LogP contribution in [0.3, 0.4) is 0 Å². The largest absolute Gasteiger partial charge is 0.453 e. The van der Waals surface area contributed by atoms with Crippen molar-refractivity contribution >= 4 is 11.9 Å². The Labute approximate surface area is 151 Å². The Kier molecular flexibility index (Phi) is 5.41. The Morgan fingerprint density at radius 3 is 2.77 bits per heavy atom. The van der Waals surface area contributed by atoms with Crippen LogP contribution >= 0.6 is 0 Å². The first kappa shape index (κ1) is 18.2. The van der Waals surface area contributed by atoms with E-state index >= 15 is 0 Å². The van der Waals surface area contributed by atoms with E-state index in [0.717, 1.165) is 18.5 Å². The van der Waals surface area contributed by atoms with Gasteiger partial charge >= 0.3 is 0 Å². The monoisotopic (exact) mass is 360 g/mol. The van der Waals surface area contributed by atoms with Gasteiger partial charge in [-0.3, -0.25) is 14.6 Å². The number of H-pyrrole nitrogens is 1. The third kappa shape index (κ3) is 3.96. The van der Waals surface area contributed by atoms with Crippen LogP contribution in [0.2, 0.25) is 0 Å². The van der Waals surface area contributed by atoms with E-state index in [1.165, 1.54) is 0 Å². The first-order valence-corrected chi connectivity index (χ1v) is 8.69. The second-order valence-electron chi connectivity index (χ2n) is 6.53. The van der Waals surface area contributed by atoms with Crippen molar-refractivity contribution in [3.05, 3.63) is 45.3 Å². The average molecular weight is 360 g/mol. The van der Waals surface area contributed by atoms with Gasteiger partial charge in [0.25, 0.3) is 11.5 Å². The summed E-state index contributed by atoms with van der Waals surface area (Å²) in [4.78, 5) is 33.5. The zero-order valence-electron chi connectivity index (χ0n) is 15.3. The lowest BCUT2D eigenvalue weighted by atomic mass is 10.1. The molecule has 0 saturated carbocycles. The zero-order valence-corrected chi connectivity index (χ0v) is 15.3. The number of hydrogen-bond acceptors (Lipinski definition) is 6. The maximum absolute atomic E-state index is 12.3. The van der Waals surface area contributed by atoms with Gasteiger partial charge in [-0.25, -0.2) is 4.98 Å². The van der Waals surface area contributed by atoms with E-state index in [-0.39, 0.29) is 17.5 Å². The van der Waals surface area contributed by atoms with E-state index in [9.17, 15) is 9.59 Å². The highest BCUT2D eigenvalue weighted by Crippen LogP contribution is 2.17. The van der Waals surface area contributed by atoms with Gasteiger partial charge in [0.2, 0.25) is 5.95 Å². The van der Waals surface area contributed by atoms with E-state index in [0.29, 0.717) is 42.7 Å². The molecule has 8 nitrogen and oxygen atoms in total. The molecule has 1 aliphatic rings. The van der Waals surface area contributed by atoms with Crippen LogP contribution in [0, 0.1) is 13.8 Å². The van der Waals surface area contributed by atoms with E-state index in [1.807, 2.05) is 11.8 Å². The third-order valence-electron chi connectivity index (χ3n) is 4.68. The number of ether oxygens (including phenoxy) is 1. The standard InChI is InChI=1S/C18H24N4O4/c1-11-12(2)19-18(21-16(11)23)22-8-6-13(7-9-22)20-17(24)15-5-4-14(26-15)10-25-3/h4-5,13H,6-10H2,1-3H3,(H,20,24)(H,19,21,23). The number of hydrogen-bond donors (Lipinski definition) is 2. The van der Waals surface area contributed by atoms with Gasteiger partial charge in [0.1, 0.15) is 12.4 Å². The van der Waals surface area contributed by atoms with Crippen molar-refractivity contribution in [3.8, 4) is 0 Å². The number of anilines is 1. The number of carbonyl (C=O) groups is 1. The summed E-state index contributed by atoms with van der Waals surface area (Å²) in [6, 6.07) is 3.46. The number of methoxy groups -OCH3 is 1. The molecule has 1 fully saturated rings. The van der Waals surface area contributed by atoms with Crippen LogP contribution in [-0.2, 0) is 11.3 Å². The highest BCUT2D eigenvalue weighted by Gasteiger charge is 2.24.